The molecule has 74 valence electrons. The monoisotopic (exact) mass is 202 g/mol. The standard InChI is InChI=1S/C9H14O3S/c1-6(2)9(10)12-8-4-11-7(3)5-13-8/h7-8H,1,4-5H2,2-3H3. The van der Waals surface area contributed by atoms with Crippen LogP contribution in [-0.4, -0.2) is 29.9 Å². The lowest BCUT2D eigenvalue weighted by Crippen LogP contribution is -2.30. The zero-order chi connectivity index (χ0) is 9.84. The van der Waals surface area contributed by atoms with Gasteiger partial charge < -0.3 is 9.47 Å². The molecule has 2 unspecified atom stereocenters. The minimum atomic E-state index is -0.337. The Morgan fingerprint density at radius 1 is 1.69 bits per heavy atom. The largest absolute Gasteiger partial charge is 0.445 e. The van der Waals surface area contributed by atoms with Crippen LogP contribution in [-0.2, 0) is 14.3 Å². The molecule has 0 saturated carbocycles. The molecule has 0 aromatic heterocycles. The van der Waals surface area contributed by atoms with E-state index in [4.69, 9.17) is 9.47 Å². The van der Waals surface area contributed by atoms with Crippen LogP contribution in [0.15, 0.2) is 12.2 Å². The Balaban J connectivity index is 2.30. The molecule has 0 radical (unpaired) electrons. The molecule has 1 heterocycles. The quantitative estimate of drug-likeness (QED) is 0.503. The maximum Gasteiger partial charge on any atom is 0.334 e. The second-order valence-electron chi connectivity index (χ2n) is 3.09. The Labute approximate surface area is 82.5 Å². The van der Waals surface area contributed by atoms with Crippen molar-refractivity contribution in [1.82, 2.24) is 0 Å². The third-order valence-electron chi connectivity index (χ3n) is 1.62. The highest BCUT2D eigenvalue weighted by molar-refractivity contribution is 7.99. The highest BCUT2D eigenvalue weighted by atomic mass is 32.2. The Bertz CT molecular complexity index is 207. The molecule has 0 aliphatic carbocycles. The summed E-state index contributed by atoms with van der Waals surface area (Å²) in [6, 6.07) is 0. The summed E-state index contributed by atoms with van der Waals surface area (Å²) < 4.78 is 10.4. The molecule has 1 fully saturated rings. The SMILES string of the molecule is C=C(C)C(=O)OC1COC(C)CS1. The molecule has 0 amide bonds. The van der Waals surface area contributed by atoms with Crippen molar-refractivity contribution in [2.45, 2.75) is 25.4 Å². The number of esters is 1. The van der Waals surface area contributed by atoms with Gasteiger partial charge in [-0.1, -0.05) is 6.58 Å². The number of carbonyl (C=O) groups excluding carboxylic acids is 1. The first-order valence-electron chi connectivity index (χ1n) is 4.19. The van der Waals surface area contributed by atoms with Crippen LogP contribution in [0.25, 0.3) is 0 Å². The minimum Gasteiger partial charge on any atom is -0.445 e. The third-order valence-corrected chi connectivity index (χ3v) is 2.89. The van der Waals surface area contributed by atoms with Gasteiger partial charge in [0.05, 0.1) is 12.7 Å². The Morgan fingerprint density at radius 3 is 2.85 bits per heavy atom. The summed E-state index contributed by atoms with van der Waals surface area (Å²) in [4.78, 5) is 11.1. The average Bonchev–Trinajstić information content (AvgIpc) is 2.08. The highest BCUT2D eigenvalue weighted by Crippen LogP contribution is 2.21. The third kappa shape index (κ3) is 3.40. The van der Waals surface area contributed by atoms with Crippen LogP contribution in [0.5, 0.6) is 0 Å². The minimum absolute atomic E-state index is 0.166. The molecular formula is C9H14O3S. The molecule has 1 saturated heterocycles. The molecule has 0 N–H and O–H groups in total. The molecule has 0 aromatic rings. The lowest BCUT2D eigenvalue weighted by molar-refractivity contribution is -0.143. The van der Waals surface area contributed by atoms with E-state index in [1.165, 1.54) is 0 Å². The van der Waals surface area contributed by atoms with Gasteiger partial charge in [-0.05, 0) is 13.8 Å². The van der Waals surface area contributed by atoms with E-state index in [9.17, 15) is 4.79 Å². The number of hydrogen-bond donors (Lipinski definition) is 0. The van der Waals surface area contributed by atoms with Crippen molar-refractivity contribution >= 4 is 17.7 Å². The van der Waals surface area contributed by atoms with Gasteiger partial charge >= 0.3 is 5.97 Å². The normalized spacial score (nSPS) is 28.2. The zero-order valence-corrected chi connectivity index (χ0v) is 8.73. The summed E-state index contributed by atoms with van der Waals surface area (Å²) in [6.45, 7) is 7.63. The molecule has 0 aromatic carbocycles. The second-order valence-corrected chi connectivity index (χ2v) is 4.28. The summed E-state index contributed by atoms with van der Waals surface area (Å²) in [5.41, 5.74) is 0.264. The van der Waals surface area contributed by atoms with E-state index in [0.29, 0.717) is 12.2 Å². The van der Waals surface area contributed by atoms with E-state index in [2.05, 4.69) is 6.58 Å². The summed E-state index contributed by atoms with van der Waals surface area (Å²) >= 11 is 1.61. The van der Waals surface area contributed by atoms with E-state index in [1.54, 1.807) is 18.7 Å². The fourth-order valence-electron chi connectivity index (χ4n) is 0.870. The van der Waals surface area contributed by atoms with Crippen LogP contribution in [0.3, 0.4) is 0 Å². The Kier molecular flexibility index (Phi) is 3.81. The summed E-state index contributed by atoms with van der Waals surface area (Å²) in [6.07, 6.45) is 0.254. The topological polar surface area (TPSA) is 35.5 Å². The van der Waals surface area contributed by atoms with Crippen LogP contribution >= 0.6 is 11.8 Å². The van der Waals surface area contributed by atoms with E-state index in [-0.39, 0.29) is 17.5 Å². The van der Waals surface area contributed by atoms with Gasteiger partial charge in [0.25, 0.3) is 0 Å². The first-order chi connectivity index (χ1) is 6.09. The summed E-state index contributed by atoms with van der Waals surface area (Å²) in [5, 5.41) is 0. The zero-order valence-electron chi connectivity index (χ0n) is 7.91. The summed E-state index contributed by atoms with van der Waals surface area (Å²) in [5.74, 6) is 0.532. The molecule has 2 atom stereocenters. The van der Waals surface area contributed by atoms with Gasteiger partial charge in [-0.3, -0.25) is 0 Å². The van der Waals surface area contributed by atoms with Crippen LogP contribution < -0.4 is 0 Å². The van der Waals surface area contributed by atoms with E-state index in [1.807, 2.05) is 6.92 Å². The lowest BCUT2D eigenvalue weighted by atomic mass is 10.4. The molecule has 3 nitrogen and oxygen atoms in total. The van der Waals surface area contributed by atoms with Gasteiger partial charge in [0.1, 0.15) is 0 Å². The fraction of sp³-hybridized carbons (Fsp3) is 0.667. The first kappa shape index (κ1) is 10.6. The number of ether oxygens (including phenoxy) is 2. The van der Waals surface area contributed by atoms with Crippen LogP contribution in [0.4, 0.5) is 0 Å². The highest BCUT2D eigenvalue weighted by Gasteiger charge is 2.22. The molecular weight excluding hydrogens is 188 g/mol. The molecule has 1 rings (SSSR count). The van der Waals surface area contributed by atoms with Gasteiger partial charge in [0.2, 0.25) is 0 Å². The Hall–Kier alpha value is -0.480. The van der Waals surface area contributed by atoms with Crippen molar-refractivity contribution in [2.24, 2.45) is 0 Å². The number of rotatable bonds is 2. The lowest BCUT2D eigenvalue weighted by Gasteiger charge is -2.26. The van der Waals surface area contributed by atoms with Crippen molar-refractivity contribution in [3.63, 3.8) is 0 Å². The molecule has 0 bridgehead atoms. The number of hydrogen-bond acceptors (Lipinski definition) is 4. The van der Waals surface area contributed by atoms with E-state index in [0.717, 1.165) is 5.75 Å². The van der Waals surface area contributed by atoms with Crippen LogP contribution in [0, 0.1) is 0 Å². The fourth-order valence-corrected chi connectivity index (χ4v) is 1.78. The van der Waals surface area contributed by atoms with Crippen molar-refractivity contribution in [3.8, 4) is 0 Å². The van der Waals surface area contributed by atoms with Gasteiger partial charge in [0.15, 0.2) is 5.44 Å². The van der Waals surface area contributed by atoms with Gasteiger partial charge in [-0.25, -0.2) is 4.79 Å². The van der Waals surface area contributed by atoms with E-state index < -0.39 is 0 Å². The van der Waals surface area contributed by atoms with Crippen molar-refractivity contribution in [2.75, 3.05) is 12.4 Å². The van der Waals surface area contributed by atoms with Gasteiger partial charge in [-0.2, -0.15) is 0 Å². The Morgan fingerprint density at radius 2 is 2.38 bits per heavy atom. The van der Waals surface area contributed by atoms with E-state index >= 15 is 0 Å². The molecule has 4 heteroatoms. The van der Waals surface area contributed by atoms with Crippen molar-refractivity contribution in [3.05, 3.63) is 12.2 Å². The van der Waals surface area contributed by atoms with Gasteiger partial charge in [-0.15, -0.1) is 11.8 Å². The molecule has 0 spiro atoms. The predicted octanol–water partition coefficient (Wildman–Crippen LogP) is 1.58. The average molecular weight is 202 g/mol. The number of thioether (sulfide) groups is 1. The molecule has 13 heavy (non-hydrogen) atoms. The van der Waals surface area contributed by atoms with Crippen molar-refractivity contribution < 1.29 is 14.3 Å². The second kappa shape index (κ2) is 4.67. The van der Waals surface area contributed by atoms with Gasteiger partial charge in [0, 0.05) is 11.3 Å². The van der Waals surface area contributed by atoms with Crippen molar-refractivity contribution in [1.29, 1.82) is 0 Å². The maximum absolute atomic E-state index is 11.1. The predicted molar refractivity (Wildman–Crippen MR) is 52.6 cm³/mol. The molecule has 1 aliphatic rings. The molecule has 1 aliphatic heterocycles. The van der Waals surface area contributed by atoms with Crippen LogP contribution in [0.2, 0.25) is 0 Å². The maximum atomic E-state index is 11.1. The van der Waals surface area contributed by atoms with Crippen LogP contribution in [0.1, 0.15) is 13.8 Å². The smallest absolute Gasteiger partial charge is 0.334 e. The summed E-state index contributed by atoms with van der Waals surface area (Å²) in [7, 11) is 0. The first-order valence-corrected chi connectivity index (χ1v) is 5.24. The number of carbonyl (C=O) groups is 1.